The molecular formula is C13H24N4O2. The fourth-order valence-electron chi connectivity index (χ4n) is 1.71. The van der Waals surface area contributed by atoms with E-state index in [0.29, 0.717) is 19.7 Å². The van der Waals surface area contributed by atoms with Gasteiger partial charge in [-0.3, -0.25) is 4.79 Å². The summed E-state index contributed by atoms with van der Waals surface area (Å²) in [5.74, 6) is 1.07. The molecule has 0 saturated carbocycles. The predicted octanol–water partition coefficient (Wildman–Crippen LogP) is 0.324. The summed E-state index contributed by atoms with van der Waals surface area (Å²) in [6.07, 6.45) is 5.80. The van der Waals surface area contributed by atoms with E-state index >= 15 is 0 Å². The van der Waals surface area contributed by atoms with Crippen molar-refractivity contribution in [2.45, 2.75) is 26.3 Å². The molecule has 1 aromatic heterocycles. The SMILES string of the molecule is COCCNCC(=O)NCCCCn1ccnc1C. The second-order valence-electron chi connectivity index (χ2n) is 4.39. The lowest BCUT2D eigenvalue weighted by Crippen LogP contribution is -2.35. The number of aryl methyl sites for hydroxylation is 2. The molecule has 0 spiro atoms. The summed E-state index contributed by atoms with van der Waals surface area (Å²) >= 11 is 0. The summed E-state index contributed by atoms with van der Waals surface area (Å²) < 4.78 is 7.00. The first-order valence-electron chi connectivity index (χ1n) is 6.68. The Balaban J connectivity index is 1.95. The van der Waals surface area contributed by atoms with Crippen LogP contribution in [0, 0.1) is 6.92 Å². The molecule has 0 saturated heterocycles. The zero-order valence-electron chi connectivity index (χ0n) is 11.8. The van der Waals surface area contributed by atoms with E-state index < -0.39 is 0 Å². The van der Waals surface area contributed by atoms with Crippen LogP contribution in [-0.4, -0.2) is 48.8 Å². The summed E-state index contributed by atoms with van der Waals surface area (Å²) in [4.78, 5) is 15.6. The van der Waals surface area contributed by atoms with Crippen LogP contribution in [0.4, 0.5) is 0 Å². The number of amides is 1. The first kappa shape index (κ1) is 15.7. The number of aromatic nitrogens is 2. The highest BCUT2D eigenvalue weighted by atomic mass is 16.5. The molecule has 0 unspecified atom stereocenters. The van der Waals surface area contributed by atoms with E-state index in [1.165, 1.54) is 0 Å². The van der Waals surface area contributed by atoms with E-state index in [9.17, 15) is 4.79 Å². The summed E-state index contributed by atoms with van der Waals surface area (Å²) in [6, 6.07) is 0. The minimum Gasteiger partial charge on any atom is -0.383 e. The van der Waals surface area contributed by atoms with Crippen molar-refractivity contribution in [2.24, 2.45) is 0 Å². The molecular weight excluding hydrogens is 244 g/mol. The van der Waals surface area contributed by atoms with Gasteiger partial charge in [-0.15, -0.1) is 0 Å². The third-order valence-corrected chi connectivity index (χ3v) is 2.84. The van der Waals surface area contributed by atoms with Gasteiger partial charge in [0.2, 0.25) is 5.91 Å². The van der Waals surface area contributed by atoms with Crippen LogP contribution in [0.25, 0.3) is 0 Å². The number of nitrogens with zero attached hydrogens (tertiary/aromatic N) is 2. The van der Waals surface area contributed by atoms with Crippen LogP contribution in [0.15, 0.2) is 12.4 Å². The fraction of sp³-hybridized carbons (Fsp3) is 0.692. The van der Waals surface area contributed by atoms with Gasteiger partial charge in [0, 0.05) is 39.1 Å². The molecule has 0 aliphatic heterocycles. The highest BCUT2D eigenvalue weighted by Crippen LogP contribution is 1.98. The number of methoxy groups -OCH3 is 1. The Morgan fingerprint density at radius 1 is 1.42 bits per heavy atom. The van der Waals surface area contributed by atoms with Crippen LogP contribution in [0.5, 0.6) is 0 Å². The first-order valence-corrected chi connectivity index (χ1v) is 6.68. The number of carbonyl (C=O) groups excluding carboxylic acids is 1. The summed E-state index contributed by atoms with van der Waals surface area (Å²) in [6.45, 7) is 5.34. The lowest BCUT2D eigenvalue weighted by atomic mass is 10.3. The van der Waals surface area contributed by atoms with Crippen molar-refractivity contribution in [3.8, 4) is 0 Å². The first-order chi connectivity index (χ1) is 9.24. The maximum Gasteiger partial charge on any atom is 0.233 e. The van der Waals surface area contributed by atoms with Gasteiger partial charge in [0.1, 0.15) is 5.82 Å². The second-order valence-corrected chi connectivity index (χ2v) is 4.39. The molecule has 0 aliphatic rings. The molecule has 108 valence electrons. The van der Waals surface area contributed by atoms with Gasteiger partial charge in [-0.1, -0.05) is 0 Å². The average molecular weight is 268 g/mol. The third kappa shape index (κ3) is 6.93. The van der Waals surface area contributed by atoms with Crippen molar-refractivity contribution < 1.29 is 9.53 Å². The lowest BCUT2D eigenvalue weighted by Gasteiger charge is -2.07. The molecule has 19 heavy (non-hydrogen) atoms. The van der Waals surface area contributed by atoms with Crippen molar-refractivity contribution in [1.82, 2.24) is 20.2 Å². The molecule has 2 N–H and O–H groups in total. The van der Waals surface area contributed by atoms with Crippen LogP contribution >= 0.6 is 0 Å². The Hall–Kier alpha value is -1.40. The Bertz CT molecular complexity index is 365. The van der Waals surface area contributed by atoms with Gasteiger partial charge in [-0.05, 0) is 19.8 Å². The lowest BCUT2D eigenvalue weighted by molar-refractivity contribution is -0.120. The molecule has 1 aromatic rings. The van der Waals surface area contributed by atoms with Gasteiger partial charge in [0.25, 0.3) is 0 Å². The molecule has 1 rings (SSSR count). The smallest absolute Gasteiger partial charge is 0.233 e. The molecule has 0 atom stereocenters. The minimum atomic E-state index is 0.0370. The van der Waals surface area contributed by atoms with Gasteiger partial charge < -0.3 is 19.9 Å². The van der Waals surface area contributed by atoms with E-state index in [-0.39, 0.29) is 5.91 Å². The number of imidazole rings is 1. The van der Waals surface area contributed by atoms with E-state index in [1.807, 2.05) is 19.3 Å². The number of hydrogen-bond acceptors (Lipinski definition) is 4. The van der Waals surface area contributed by atoms with Crippen LogP contribution < -0.4 is 10.6 Å². The van der Waals surface area contributed by atoms with E-state index in [4.69, 9.17) is 4.74 Å². The molecule has 0 aromatic carbocycles. The summed E-state index contributed by atoms with van der Waals surface area (Å²) in [5, 5.41) is 5.89. The number of carbonyl (C=O) groups is 1. The zero-order chi connectivity index (χ0) is 13.9. The number of nitrogens with one attached hydrogen (secondary N) is 2. The Morgan fingerprint density at radius 2 is 2.26 bits per heavy atom. The number of hydrogen-bond donors (Lipinski definition) is 2. The highest BCUT2D eigenvalue weighted by molar-refractivity contribution is 5.77. The molecule has 1 amide bonds. The number of rotatable bonds is 10. The van der Waals surface area contributed by atoms with Crippen molar-refractivity contribution in [2.75, 3.05) is 33.4 Å². The molecule has 1 heterocycles. The Kier molecular flexibility index (Phi) is 7.84. The van der Waals surface area contributed by atoms with Crippen LogP contribution in [-0.2, 0) is 16.1 Å². The highest BCUT2D eigenvalue weighted by Gasteiger charge is 2.00. The molecule has 0 bridgehead atoms. The largest absolute Gasteiger partial charge is 0.383 e. The maximum absolute atomic E-state index is 11.4. The minimum absolute atomic E-state index is 0.0370. The zero-order valence-corrected chi connectivity index (χ0v) is 11.8. The molecule has 6 nitrogen and oxygen atoms in total. The van der Waals surface area contributed by atoms with Gasteiger partial charge in [0.15, 0.2) is 0 Å². The van der Waals surface area contributed by atoms with E-state index in [2.05, 4.69) is 20.2 Å². The summed E-state index contributed by atoms with van der Waals surface area (Å²) in [7, 11) is 1.64. The monoisotopic (exact) mass is 268 g/mol. The Morgan fingerprint density at radius 3 is 2.95 bits per heavy atom. The topological polar surface area (TPSA) is 68.2 Å². The van der Waals surface area contributed by atoms with Gasteiger partial charge in [-0.2, -0.15) is 0 Å². The molecule has 0 fully saturated rings. The maximum atomic E-state index is 11.4. The van der Waals surface area contributed by atoms with Crippen molar-refractivity contribution in [3.63, 3.8) is 0 Å². The third-order valence-electron chi connectivity index (χ3n) is 2.84. The van der Waals surface area contributed by atoms with Crippen LogP contribution in [0.3, 0.4) is 0 Å². The van der Waals surface area contributed by atoms with Gasteiger partial charge >= 0.3 is 0 Å². The van der Waals surface area contributed by atoms with Crippen molar-refractivity contribution in [3.05, 3.63) is 18.2 Å². The molecule has 0 aliphatic carbocycles. The molecule has 0 radical (unpaired) electrons. The van der Waals surface area contributed by atoms with Crippen molar-refractivity contribution >= 4 is 5.91 Å². The number of ether oxygens (including phenoxy) is 1. The van der Waals surface area contributed by atoms with Crippen LogP contribution in [0.1, 0.15) is 18.7 Å². The van der Waals surface area contributed by atoms with Crippen LogP contribution in [0.2, 0.25) is 0 Å². The molecule has 6 heteroatoms. The second kappa shape index (κ2) is 9.52. The Labute approximate surface area is 114 Å². The quantitative estimate of drug-likeness (QED) is 0.600. The normalized spacial score (nSPS) is 10.6. The van der Waals surface area contributed by atoms with Gasteiger partial charge in [0.05, 0.1) is 13.2 Å². The summed E-state index contributed by atoms with van der Waals surface area (Å²) in [5.41, 5.74) is 0. The fourth-order valence-corrected chi connectivity index (χ4v) is 1.71. The standard InChI is InChI=1S/C13H24N4O2/c1-12-15-6-9-17(12)8-4-3-5-16-13(18)11-14-7-10-19-2/h6,9,14H,3-5,7-8,10-11H2,1-2H3,(H,16,18). The predicted molar refractivity (Wildman–Crippen MR) is 74.0 cm³/mol. The van der Waals surface area contributed by atoms with Crippen molar-refractivity contribution in [1.29, 1.82) is 0 Å². The average Bonchev–Trinajstić information content (AvgIpc) is 2.80. The van der Waals surface area contributed by atoms with E-state index in [1.54, 1.807) is 7.11 Å². The van der Waals surface area contributed by atoms with Gasteiger partial charge in [-0.25, -0.2) is 4.98 Å². The van der Waals surface area contributed by atoms with E-state index in [0.717, 1.165) is 31.8 Å². The number of unbranched alkanes of at least 4 members (excludes halogenated alkanes) is 1.